The summed E-state index contributed by atoms with van der Waals surface area (Å²) in [5.74, 6) is -0.929. The van der Waals surface area contributed by atoms with Crippen molar-refractivity contribution >= 4 is 16.2 Å². The van der Waals surface area contributed by atoms with E-state index in [9.17, 15) is 18.3 Å². The second-order valence-corrected chi connectivity index (χ2v) is 7.01. The molecule has 2 aliphatic rings. The predicted molar refractivity (Wildman–Crippen MR) is 66.2 cm³/mol. The van der Waals surface area contributed by atoms with Crippen LogP contribution in [0.5, 0.6) is 0 Å². The van der Waals surface area contributed by atoms with Crippen LogP contribution in [0.1, 0.15) is 45.4 Å². The lowest BCUT2D eigenvalue weighted by Gasteiger charge is -2.38. The van der Waals surface area contributed by atoms with Crippen LogP contribution in [0.3, 0.4) is 0 Å². The molecule has 104 valence electrons. The largest absolute Gasteiger partial charge is 0.481 e. The van der Waals surface area contributed by atoms with Gasteiger partial charge in [0.25, 0.3) is 10.2 Å². The van der Waals surface area contributed by atoms with Crippen LogP contribution in [0.25, 0.3) is 0 Å². The lowest BCUT2D eigenvalue weighted by atomic mass is 9.72. The van der Waals surface area contributed by atoms with Crippen molar-refractivity contribution in [3.63, 3.8) is 0 Å². The monoisotopic (exact) mass is 276 g/mol. The second kappa shape index (κ2) is 4.79. The van der Waals surface area contributed by atoms with Gasteiger partial charge >= 0.3 is 5.97 Å². The summed E-state index contributed by atoms with van der Waals surface area (Å²) in [6, 6.07) is -0.498. The fourth-order valence-corrected chi connectivity index (χ4v) is 3.92. The first-order chi connectivity index (χ1) is 8.33. The van der Waals surface area contributed by atoms with Crippen LogP contribution in [-0.2, 0) is 15.0 Å². The number of hydrogen-bond acceptors (Lipinski definition) is 3. The molecule has 2 aliphatic carbocycles. The maximum absolute atomic E-state index is 11.8. The lowest BCUT2D eigenvalue weighted by Crippen LogP contribution is -2.54. The Labute approximate surface area is 107 Å². The first-order valence-corrected chi connectivity index (χ1v) is 7.85. The van der Waals surface area contributed by atoms with Crippen molar-refractivity contribution in [1.82, 2.24) is 9.44 Å². The van der Waals surface area contributed by atoms with Crippen LogP contribution in [0.15, 0.2) is 0 Å². The predicted octanol–water partition coefficient (Wildman–Crippen LogP) is 0.606. The molecule has 6 nitrogen and oxygen atoms in total. The summed E-state index contributed by atoms with van der Waals surface area (Å²) in [6.45, 7) is 1.62. The summed E-state index contributed by atoms with van der Waals surface area (Å²) < 4.78 is 28.7. The number of carboxylic acid groups (broad SMARTS) is 1. The van der Waals surface area contributed by atoms with E-state index in [2.05, 4.69) is 9.44 Å². The molecule has 0 radical (unpaired) electrons. The normalized spacial score (nSPS) is 33.3. The highest BCUT2D eigenvalue weighted by molar-refractivity contribution is 7.87. The van der Waals surface area contributed by atoms with Crippen LogP contribution in [-0.4, -0.2) is 31.6 Å². The Morgan fingerprint density at radius 2 is 1.89 bits per heavy atom. The van der Waals surface area contributed by atoms with Gasteiger partial charge in [0.2, 0.25) is 0 Å². The zero-order valence-corrected chi connectivity index (χ0v) is 11.3. The molecule has 0 aromatic carbocycles. The standard InChI is InChI=1S/C11H20N2O4S/c1-11(10(14)15)7-3-2-4-9(11)13-18(16,17)12-8-5-6-8/h8-9,12-13H,2-7H2,1H3,(H,14,15). The summed E-state index contributed by atoms with van der Waals surface area (Å²) in [5.41, 5.74) is -1.00. The van der Waals surface area contributed by atoms with Gasteiger partial charge in [-0.25, -0.2) is 0 Å². The third-order valence-electron chi connectivity index (χ3n) is 3.89. The summed E-state index contributed by atoms with van der Waals surface area (Å²) in [7, 11) is -3.59. The van der Waals surface area contributed by atoms with Crippen molar-refractivity contribution in [2.24, 2.45) is 5.41 Å². The van der Waals surface area contributed by atoms with Gasteiger partial charge in [-0.15, -0.1) is 0 Å². The molecule has 0 saturated heterocycles. The number of rotatable bonds is 5. The summed E-state index contributed by atoms with van der Waals surface area (Å²) in [4.78, 5) is 11.4. The molecule has 2 unspecified atom stereocenters. The number of hydrogen-bond donors (Lipinski definition) is 3. The van der Waals surface area contributed by atoms with E-state index in [1.54, 1.807) is 6.92 Å². The number of carboxylic acids is 1. The average Bonchev–Trinajstić information content (AvgIpc) is 3.04. The minimum atomic E-state index is -3.59. The Balaban J connectivity index is 2.07. The van der Waals surface area contributed by atoms with Gasteiger partial charge in [0.05, 0.1) is 5.41 Å². The molecule has 0 aromatic heterocycles. The lowest BCUT2D eigenvalue weighted by molar-refractivity contribution is -0.151. The molecule has 2 saturated carbocycles. The van der Waals surface area contributed by atoms with E-state index in [4.69, 9.17) is 0 Å². The minimum Gasteiger partial charge on any atom is -0.481 e. The SMILES string of the molecule is CC1(C(=O)O)CCCCC1NS(=O)(=O)NC1CC1. The maximum atomic E-state index is 11.8. The molecule has 0 heterocycles. The molecular weight excluding hydrogens is 256 g/mol. The zero-order chi connectivity index (χ0) is 13.4. The van der Waals surface area contributed by atoms with E-state index >= 15 is 0 Å². The van der Waals surface area contributed by atoms with E-state index in [1.807, 2.05) is 0 Å². The van der Waals surface area contributed by atoms with Gasteiger partial charge in [-0.3, -0.25) is 4.79 Å². The molecular formula is C11H20N2O4S. The van der Waals surface area contributed by atoms with E-state index in [0.29, 0.717) is 12.8 Å². The molecule has 0 amide bonds. The van der Waals surface area contributed by atoms with Gasteiger partial charge in [-0.05, 0) is 32.6 Å². The van der Waals surface area contributed by atoms with Crippen molar-refractivity contribution in [1.29, 1.82) is 0 Å². The fraction of sp³-hybridized carbons (Fsp3) is 0.909. The first-order valence-electron chi connectivity index (χ1n) is 6.36. The number of nitrogens with one attached hydrogen (secondary N) is 2. The Morgan fingerprint density at radius 1 is 1.22 bits per heavy atom. The van der Waals surface area contributed by atoms with Gasteiger partial charge in [0.1, 0.15) is 0 Å². The fourth-order valence-electron chi connectivity index (χ4n) is 2.42. The average molecular weight is 276 g/mol. The Bertz CT molecular complexity index is 432. The third kappa shape index (κ3) is 3.02. The van der Waals surface area contributed by atoms with Crippen molar-refractivity contribution in [2.75, 3.05) is 0 Å². The zero-order valence-electron chi connectivity index (χ0n) is 10.5. The molecule has 2 rings (SSSR count). The summed E-state index contributed by atoms with van der Waals surface area (Å²) in [6.07, 6.45) is 4.51. The molecule has 3 N–H and O–H groups in total. The summed E-state index contributed by atoms with van der Waals surface area (Å²) >= 11 is 0. The highest BCUT2D eigenvalue weighted by atomic mass is 32.2. The Kier molecular flexibility index (Phi) is 3.66. The van der Waals surface area contributed by atoms with Crippen LogP contribution >= 0.6 is 0 Å². The Morgan fingerprint density at radius 3 is 2.44 bits per heavy atom. The number of aliphatic carboxylic acids is 1. The van der Waals surface area contributed by atoms with Crippen molar-refractivity contribution in [2.45, 2.75) is 57.5 Å². The molecule has 0 aromatic rings. The summed E-state index contributed by atoms with van der Waals surface area (Å²) in [5, 5.41) is 9.30. The molecule has 2 fully saturated rings. The smallest absolute Gasteiger partial charge is 0.310 e. The van der Waals surface area contributed by atoms with Gasteiger partial charge in [0.15, 0.2) is 0 Å². The van der Waals surface area contributed by atoms with E-state index in [1.165, 1.54) is 0 Å². The quantitative estimate of drug-likeness (QED) is 0.685. The molecule has 18 heavy (non-hydrogen) atoms. The second-order valence-electron chi connectivity index (χ2n) is 5.53. The van der Waals surface area contributed by atoms with E-state index < -0.39 is 27.6 Å². The molecule has 0 aliphatic heterocycles. The molecule has 7 heteroatoms. The third-order valence-corrected chi connectivity index (χ3v) is 5.13. The number of carbonyl (C=O) groups is 1. The molecule has 0 bridgehead atoms. The molecule has 0 spiro atoms. The Hall–Kier alpha value is -0.660. The van der Waals surface area contributed by atoms with Crippen LogP contribution in [0.2, 0.25) is 0 Å². The van der Waals surface area contributed by atoms with Gasteiger partial charge in [-0.2, -0.15) is 17.9 Å². The molecule has 2 atom stereocenters. The van der Waals surface area contributed by atoms with Gasteiger partial charge in [-0.1, -0.05) is 12.8 Å². The maximum Gasteiger partial charge on any atom is 0.310 e. The van der Waals surface area contributed by atoms with Gasteiger partial charge < -0.3 is 5.11 Å². The minimum absolute atomic E-state index is 0.0298. The van der Waals surface area contributed by atoms with Crippen LogP contribution in [0, 0.1) is 5.41 Å². The first kappa shape index (κ1) is 13.8. The van der Waals surface area contributed by atoms with E-state index in [0.717, 1.165) is 25.7 Å². The van der Waals surface area contributed by atoms with Crippen LogP contribution < -0.4 is 9.44 Å². The van der Waals surface area contributed by atoms with Crippen LogP contribution in [0.4, 0.5) is 0 Å². The van der Waals surface area contributed by atoms with Crippen molar-refractivity contribution in [3.8, 4) is 0 Å². The van der Waals surface area contributed by atoms with Crippen molar-refractivity contribution < 1.29 is 18.3 Å². The van der Waals surface area contributed by atoms with E-state index in [-0.39, 0.29) is 6.04 Å². The van der Waals surface area contributed by atoms with Crippen molar-refractivity contribution in [3.05, 3.63) is 0 Å². The highest BCUT2D eigenvalue weighted by Gasteiger charge is 2.45. The topological polar surface area (TPSA) is 95.5 Å². The highest BCUT2D eigenvalue weighted by Crippen LogP contribution is 2.36. The van der Waals surface area contributed by atoms with Gasteiger partial charge in [0, 0.05) is 12.1 Å².